The van der Waals surface area contributed by atoms with E-state index < -0.39 is 36.4 Å². The molecule has 0 aromatic carbocycles. The first-order valence-electron chi connectivity index (χ1n) is 11.0. The van der Waals surface area contributed by atoms with Crippen molar-refractivity contribution in [1.29, 1.82) is 0 Å². The van der Waals surface area contributed by atoms with E-state index >= 15 is 0 Å². The number of hydrogen-bond donors (Lipinski definition) is 0. The maximum Gasteiger partial charge on any atom is 0.328 e. The molecule has 2 aromatic rings. The summed E-state index contributed by atoms with van der Waals surface area (Å²) >= 11 is 6.28. The monoisotopic (exact) mass is 495 g/mol. The molecule has 0 bridgehead atoms. The van der Waals surface area contributed by atoms with Gasteiger partial charge in [-0.05, 0) is 30.9 Å². The van der Waals surface area contributed by atoms with Gasteiger partial charge in [-0.15, -0.1) is 0 Å². The Balaban J connectivity index is 1.71. The molecule has 2 aliphatic rings. The molecule has 2 aliphatic heterocycles. The van der Waals surface area contributed by atoms with Gasteiger partial charge in [0, 0.05) is 26.8 Å². The number of ether oxygens (including phenoxy) is 4. The first-order chi connectivity index (χ1) is 16.3. The largest absolute Gasteiger partial charge is 0.467 e. The molecule has 0 unspecified atom stereocenters. The van der Waals surface area contributed by atoms with Crippen LogP contribution in [-0.4, -0.2) is 76.2 Å². The van der Waals surface area contributed by atoms with Crippen molar-refractivity contribution in [2.45, 2.75) is 64.0 Å². The number of rotatable bonds is 6. The van der Waals surface area contributed by atoms with Crippen LogP contribution in [0.5, 0.6) is 0 Å². The summed E-state index contributed by atoms with van der Waals surface area (Å²) in [6.07, 6.45) is 2.26. The molecule has 4 heterocycles. The molecule has 12 nitrogen and oxygen atoms in total. The van der Waals surface area contributed by atoms with E-state index in [1.807, 2.05) is 4.90 Å². The summed E-state index contributed by atoms with van der Waals surface area (Å²) in [6.45, 7) is 3.21. The Morgan fingerprint density at radius 2 is 2.00 bits per heavy atom. The summed E-state index contributed by atoms with van der Waals surface area (Å²) in [5.74, 6) is -0.801. The Bertz CT molecular complexity index is 1090. The van der Waals surface area contributed by atoms with Gasteiger partial charge in [0.15, 0.2) is 18.0 Å². The SMILES string of the molecule is COC(=O)[C@H]1CCCCN1c1nc(Cl)nc2c1cnn2[C@@H]1O[C@H](COC(C)=O)C[C@H]1OC(C)=O. The lowest BCUT2D eigenvalue weighted by Gasteiger charge is -2.34. The Morgan fingerprint density at radius 3 is 2.71 bits per heavy atom. The minimum atomic E-state index is -0.821. The van der Waals surface area contributed by atoms with E-state index in [1.54, 1.807) is 6.20 Å². The fourth-order valence-corrected chi connectivity index (χ4v) is 4.58. The molecule has 0 saturated carbocycles. The lowest BCUT2D eigenvalue weighted by molar-refractivity contribution is -0.153. The van der Waals surface area contributed by atoms with E-state index in [-0.39, 0.29) is 17.9 Å². The lowest BCUT2D eigenvalue weighted by atomic mass is 10.0. The van der Waals surface area contributed by atoms with Gasteiger partial charge >= 0.3 is 17.9 Å². The quantitative estimate of drug-likeness (QED) is 0.329. The van der Waals surface area contributed by atoms with Crippen LogP contribution in [0.2, 0.25) is 5.28 Å². The number of aromatic nitrogens is 4. The predicted octanol–water partition coefficient (Wildman–Crippen LogP) is 1.79. The fraction of sp³-hybridized carbons (Fsp3) is 0.619. The van der Waals surface area contributed by atoms with E-state index in [0.717, 1.165) is 12.8 Å². The molecule has 2 saturated heterocycles. The van der Waals surface area contributed by atoms with E-state index in [0.29, 0.717) is 36.2 Å². The summed E-state index contributed by atoms with van der Waals surface area (Å²) in [6, 6.07) is -0.499. The molecule has 0 amide bonds. The van der Waals surface area contributed by atoms with E-state index in [1.165, 1.54) is 25.6 Å². The number of fused-ring (bicyclic) bond motifs is 1. The number of piperidine rings is 1. The Morgan fingerprint density at radius 1 is 1.21 bits per heavy atom. The summed E-state index contributed by atoms with van der Waals surface area (Å²) in [5.41, 5.74) is 0.361. The van der Waals surface area contributed by atoms with E-state index in [9.17, 15) is 14.4 Å². The van der Waals surface area contributed by atoms with Crippen molar-refractivity contribution in [3.8, 4) is 0 Å². The first kappa shape index (κ1) is 24.1. The molecule has 4 rings (SSSR count). The zero-order valence-electron chi connectivity index (χ0n) is 19.1. The van der Waals surface area contributed by atoms with Gasteiger partial charge in [0.1, 0.15) is 18.5 Å². The molecule has 184 valence electrons. The maximum absolute atomic E-state index is 12.4. The van der Waals surface area contributed by atoms with Crippen LogP contribution >= 0.6 is 11.6 Å². The van der Waals surface area contributed by atoms with Gasteiger partial charge in [0.05, 0.1) is 24.8 Å². The van der Waals surface area contributed by atoms with Gasteiger partial charge in [-0.25, -0.2) is 9.48 Å². The highest BCUT2D eigenvalue weighted by Gasteiger charge is 2.41. The highest BCUT2D eigenvalue weighted by molar-refractivity contribution is 6.28. The molecule has 2 fully saturated rings. The molecule has 2 aromatic heterocycles. The summed E-state index contributed by atoms with van der Waals surface area (Å²) in [4.78, 5) is 45.9. The zero-order chi connectivity index (χ0) is 24.4. The second-order valence-electron chi connectivity index (χ2n) is 8.21. The number of esters is 3. The standard InChI is InChI=1S/C21H26ClN5O7/c1-11(28)32-10-13-8-16(33-12(2)29)19(34-13)27-18-14(9-23-27)17(24-21(22)25-18)26-7-5-4-6-15(26)20(30)31-3/h9,13,15-16,19H,4-8,10H2,1-3H3/t13-,15+,16+,19+/m0/s1. The smallest absolute Gasteiger partial charge is 0.328 e. The molecular formula is C21H26ClN5O7. The molecule has 0 N–H and O–H groups in total. The highest BCUT2D eigenvalue weighted by atomic mass is 35.5. The second-order valence-corrected chi connectivity index (χ2v) is 8.54. The molecule has 4 atom stereocenters. The minimum absolute atomic E-state index is 0.0123. The second kappa shape index (κ2) is 10.1. The molecule has 0 radical (unpaired) electrons. The van der Waals surface area contributed by atoms with Crippen molar-refractivity contribution >= 4 is 46.4 Å². The van der Waals surface area contributed by atoms with Gasteiger partial charge in [0.25, 0.3) is 0 Å². The van der Waals surface area contributed by atoms with Crippen LogP contribution in [0, 0.1) is 0 Å². The van der Waals surface area contributed by atoms with Crippen molar-refractivity contribution in [3.63, 3.8) is 0 Å². The van der Waals surface area contributed by atoms with Gasteiger partial charge in [0.2, 0.25) is 5.28 Å². The van der Waals surface area contributed by atoms with Crippen molar-refractivity contribution < 1.29 is 33.3 Å². The molecule has 34 heavy (non-hydrogen) atoms. The van der Waals surface area contributed by atoms with Gasteiger partial charge in [-0.3, -0.25) is 9.59 Å². The number of nitrogens with zero attached hydrogens (tertiary/aromatic N) is 5. The third kappa shape index (κ3) is 4.92. The van der Waals surface area contributed by atoms with Crippen LogP contribution in [-0.2, 0) is 33.3 Å². The molecule has 13 heteroatoms. The minimum Gasteiger partial charge on any atom is -0.467 e. The lowest BCUT2D eigenvalue weighted by Crippen LogP contribution is -2.46. The van der Waals surface area contributed by atoms with Crippen LogP contribution < -0.4 is 4.90 Å². The van der Waals surface area contributed by atoms with Crippen molar-refractivity contribution in [2.24, 2.45) is 0 Å². The predicted molar refractivity (Wildman–Crippen MR) is 118 cm³/mol. The number of hydrogen-bond acceptors (Lipinski definition) is 11. The summed E-state index contributed by atoms with van der Waals surface area (Å²) < 4.78 is 23.0. The number of methoxy groups -OCH3 is 1. The van der Waals surface area contributed by atoms with Gasteiger partial charge < -0.3 is 23.8 Å². The number of carbonyl (C=O) groups is 3. The first-order valence-corrected chi connectivity index (χ1v) is 11.4. The summed E-state index contributed by atoms with van der Waals surface area (Å²) in [5, 5.41) is 4.97. The van der Waals surface area contributed by atoms with Crippen molar-refractivity contribution in [3.05, 3.63) is 11.5 Å². The molecule has 0 spiro atoms. The topological polar surface area (TPSA) is 135 Å². The van der Waals surface area contributed by atoms with Gasteiger partial charge in [-0.1, -0.05) is 0 Å². The Hall–Kier alpha value is -2.99. The van der Waals surface area contributed by atoms with Crippen LogP contribution in [0.4, 0.5) is 5.82 Å². The Kier molecular flexibility index (Phi) is 7.17. The molecular weight excluding hydrogens is 470 g/mol. The van der Waals surface area contributed by atoms with Crippen LogP contribution in [0.3, 0.4) is 0 Å². The third-order valence-corrected chi connectivity index (χ3v) is 6.00. The molecule has 0 aliphatic carbocycles. The third-order valence-electron chi connectivity index (χ3n) is 5.83. The highest BCUT2D eigenvalue weighted by Crippen LogP contribution is 2.36. The number of halogens is 1. The average Bonchev–Trinajstić information content (AvgIpc) is 3.39. The normalized spacial score (nSPS) is 24.8. The average molecular weight is 496 g/mol. The fourth-order valence-electron chi connectivity index (χ4n) is 4.42. The van der Waals surface area contributed by atoms with Crippen molar-refractivity contribution in [2.75, 3.05) is 25.2 Å². The number of anilines is 1. The maximum atomic E-state index is 12.4. The van der Waals surface area contributed by atoms with Crippen LogP contribution in [0.1, 0.15) is 45.8 Å². The van der Waals surface area contributed by atoms with E-state index in [4.69, 9.17) is 30.5 Å². The zero-order valence-corrected chi connectivity index (χ0v) is 19.9. The van der Waals surface area contributed by atoms with Crippen LogP contribution in [0.25, 0.3) is 11.0 Å². The van der Waals surface area contributed by atoms with Crippen molar-refractivity contribution in [1.82, 2.24) is 19.7 Å². The van der Waals surface area contributed by atoms with Gasteiger partial charge in [-0.2, -0.15) is 15.1 Å². The Labute approximate surface area is 200 Å². The van der Waals surface area contributed by atoms with Crippen LogP contribution in [0.15, 0.2) is 6.20 Å². The summed E-state index contributed by atoms with van der Waals surface area (Å²) in [7, 11) is 1.36. The number of carbonyl (C=O) groups excluding carboxylic acids is 3. The van der Waals surface area contributed by atoms with E-state index in [2.05, 4.69) is 15.1 Å².